The number of rotatable bonds is 7. The first kappa shape index (κ1) is 18.1. The Morgan fingerprint density at radius 1 is 1.08 bits per heavy atom. The highest BCUT2D eigenvalue weighted by atomic mass is 19.2. The number of carbonyl (C=O) groups is 2. The first-order chi connectivity index (χ1) is 11.9. The molecule has 130 valence electrons. The molecule has 0 bridgehead atoms. The normalized spacial score (nSPS) is 10.7. The van der Waals surface area contributed by atoms with Crippen LogP contribution in [-0.4, -0.2) is 30.6 Å². The fraction of sp³-hybridized carbons (Fsp3) is 0.111. The average molecular weight is 348 g/mol. The third kappa shape index (κ3) is 4.87. The molecular formula is C18H14F2O5. The molecule has 2 aromatic rings. The van der Waals surface area contributed by atoms with E-state index in [-0.39, 0.29) is 11.3 Å². The highest BCUT2D eigenvalue weighted by molar-refractivity contribution is 6.06. The number of aliphatic carboxylic acids is 1. The zero-order chi connectivity index (χ0) is 18.4. The van der Waals surface area contributed by atoms with Crippen molar-refractivity contribution >= 4 is 17.8 Å². The number of methoxy groups -OCH3 is 1. The first-order valence-electron chi connectivity index (χ1n) is 7.11. The van der Waals surface area contributed by atoms with Crippen molar-refractivity contribution in [3.8, 4) is 11.5 Å². The van der Waals surface area contributed by atoms with Gasteiger partial charge in [-0.15, -0.1) is 0 Å². The monoisotopic (exact) mass is 348 g/mol. The van der Waals surface area contributed by atoms with Gasteiger partial charge in [0.1, 0.15) is 0 Å². The molecule has 0 radical (unpaired) electrons. The summed E-state index contributed by atoms with van der Waals surface area (Å²) >= 11 is 0. The topological polar surface area (TPSA) is 72.8 Å². The molecule has 0 atom stereocenters. The molecule has 0 spiro atoms. The van der Waals surface area contributed by atoms with Crippen LogP contribution in [0.5, 0.6) is 11.5 Å². The Hall–Kier alpha value is -3.22. The standard InChI is InChI=1S/C18H14F2O5/c1-24-17-8-11(3-7-16(17)25-10-18(22)23)2-6-15(21)12-4-5-13(19)14(20)9-12/h2-9H,10H2,1H3,(H,22,23)/b6-2+. The van der Waals surface area contributed by atoms with Gasteiger partial charge in [-0.05, 0) is 42.0 Å². The Morgan fingerprint density at radius 3 is 2.48 bits per heavy atom. The molecular weight excluding hydrogens is 334 g/mol. The minimum atomic E-state index is -1.12. The van der Waals surface area contributed by atoms with Gasteiger partial charge in [0.25, 0.3) is 0 Å². The molecule has 0 fully saturated rings. The van der Waals surface area contributed by atoms with E-state index in [1.54, 1.807) is 12.1 Å². The third-order valence-corrected chi connectivity index (χ3v) is 3.17. The number of hydrogen-bond acceptors (Lipinski definition) is 4. The van der Waals surface area contributed by atoms with Crippen LogP contribution in [0.3, 0.4) is 0 Å². The number of benzene rings is 2. The van der Waals surface area contributed by atoms with E-state index in [9.17, 15) is 18.4 Å². The Kier molecular flexibility index (Phi) is 5.84. The molecule has 7 heteroatoms. The number of carboxylic acid groups (broad SMARTS) is 1. The quantitative estimate of drug-likeness (QED) is 0.614. The van der Waals surface area contributed by atoms with E-state index in [4.69, 9.17) is 14.6 Å². The number of halogens is 2. The van der Waals surface area contributed by atoms with Crippen LogP contribution in [0, 0.1) is 11.6 Å². The Morgan fingerprint density at radius 2 is 1.84 bits per heavy atom. The summed E-state index contributed by atoms with van der Waals surface area (Å²) in [5, 5.41) is 8.62. The molecule has 0 heterocycles. The van der Waals surface area contributed by atoms with Gasteiger partial charge < -0.3 is 14.6 Å². The maximum atomic E-state index is 13.2. The number of carbonyl (C=O) groups excluding carboxylic acids is 1. The van der Waals surface area contributed by atoms with E-state index >= 15 is 0 Å². The van der Waals surface area contributed by atoms with Crippen molar-refractivity contribution in [1.29, 1.82) is 0 Å². The van der Waals surface area contributed by atoms with Crippen molar-refractivity contribution in [3.05, 3.63) is 65.2 Å². The molecule has 0 unspecified atom stereocenters. The van der Waals surface area contributed by atoms with Gasteiger partial charge in [0, 0.05) is 5.56 Å². The summed E-state index contributed by atoms with van der Waals surface area (Å²) in [5.74, 6) is -3.20. The van der Waals surface area contributed by atoms with Crippen molar-refractivity contribution in [2.75, 3.05) is 13.7 Å². The molecule has 25 heavy (non-hydrogen) atoms. The van der Waals surface area contributed by atoms with Crippen molar-refractivity contribution < 1.29 is 33.0 Å². The Balaban J connectivity index is 2.15. The van der Waals surface area contributed by atoms with Crippen LogP contribution in [-0.2, 0) is 4.79 Å². The molecule has 5 nitrogen and oxygen atoms in total. The molecule has 0 aliphatic carbocycles. The maximum absolute atomic E-state index is 13.2. The van der Waals surface area contributed by atoms with Crippen molar-refractivity contribution in [3.63, 3.8) is 0 Å². The fourth-order valence-corrected chi connectivity index (χ4v) is 1.96. The minimum Gasteiger partial charge on any atom is -0.493 e. The number of hydrogen-bond donors (Lipinski definition) is 1. The molecule has 0 amide bonds. The van der Waals surface area contributed by atoms with Crippen LogP contribution in [0.25, 0.3) is 6.08 Å². The number of ketones is 1. The van der Waals surface area contributed by atoms with Gasteiger partial charge in [-0.3, -0.25) is 4.79 Å². The van der Waals surface area contributed by atoms with Crippen LogP contribution in [0.1, 0.15) is 15.9 Å². The Labute approximate surface area is 142 Å². The van der Waals surface area contributed by atoms with E-state index in [0.29, 0.717) is 11.3 Å². The van der Waals surface area contributed by atoms with Gasteiger partial charge in [-0.2, -0.15) is 0 Å². The van der Waals surface area contributed by atoms with Crippen LogP contribution in [0.15, 0.2) is 42.5 Å². The average Bonchev–Trinajstić information content (AvgIpc) is 2.60. The molecule has 1 N–H and O–H groups in total. The zero-order valence-electron chi connectivity index (χ0n) is 13.2. The molecule has 0 aromatic heterocycles. The highest BCUT2D eigenvalue weighted by Crippen LogP contribution is 2.28. The number of ether oxygens (including phenoxy) is 2. The van der Waals surface area contributed by atoms with Gasteiger partial charge in [-0.1, -0.05) is 12.1 Å². The summed E-state index contributed by atoms with van der Waals surface area (Å²) in [6.07, 6.45) is 2.67. The SMILES string of the molecule is COc1cc(/C=C/C(=O)c2ccc(F)c(F)c2)ccc1OCC(=O)O. The predicted octanol–water partition coefficient (Wildman–Crippen LogP) is 3.33. The summed E-state index contributed by atoms with van der Waals surface area (Å²) in [5.41, 5.74) is 0.596. The van der Waals surface area contributed by atoms with Crippen molar-refractivity contribution in [2.24, 2.45) is 0 Å². The lowest BCUT2D eigenvalue weighted by atomic mass is 10.1. The second kappa shape index (κ2) is 8.05. The van der Waals surface area contributed by atoms with E-state index in [1.165, 1.54) is 31.4 Å². The highest BCUT2D eigenvalue weighted by Gasteiger charge is 2.09. The summed E-state index contributed by atoms with van der Waals surface area (Å²) in [7, 11) is 1.39. The maximum Gasteiger partial charge on any atom is 0.341 e. The predicted molar refractivity (Wildman–Crippen MR) is 85.8 cm³/mol. The lowest BCUT2D eigenvalue weighted by Gasteiger charge is -2.09. The van der Waals surface area contributed by atoms with Crippen LogP contribution in [0.4, 0.5) is 8.78 Å². The largest absolute Gasteiger partial charge is 0.493 e. The lowest BCUT2D eigenvalue weighted by Crippen LogP contribution is -2.10. The van der Waals surface area contributed by atoms with Gasteiger partial charge in [-0.25, -0.2) is 13.6 Å². The van der Waals surface area contributed by atoms with Gasteiger partial charge in [0.05, 0.1) is 7.11 Å². The van der Waals surface area contributed by atoms with E-state index < -0.39 is 30.0 Å². The van der Waals surface area contributed by atoms with E-state index in [0.717, 1.165) is 12.1 Å². The summed E-state index contributed by atoms with van der Waals surface area (Å²) < 4.78 is 36.2. The second-order valence-corrected chi connectivity index (χ2v) is 4.92. The molecule has 2 aromatic carbocycles. The first-order valence-corrected chi connectivity index (χ1v) is 7.11. The van der Waals surface area contributed by atoms with Crippen molar-refractivity contribution in [1.82, 2.24) is 0 Å². The molecule has 0 saturated carbocycles. The van der Waals surface area contributed by atoms with E-state index in [2.05, 4.69) is 0 Å². The summed E-state index contributed by atoms with van der Waals surface area (Å²) in [6.45, 7) is -0.514. The lowest BCUT2D eigenvalue weighted by molar-refractivity contribution is -0.139. The zero-order valence-corrected chi connectivity index (χ0v) is 13.2. The van der Waals surface area contributed by atoms with Crippen LogP contribution in [0.2, 0.25) is 0 Å². The van der Waals surface area contributed by atoms with Gasteiger partial charge >= 0.3 is 5.97 Å². The number of allylic oxidation sites excluding steroid dienone is 1. The van der Waals surface area contributed by atoms with Gasteiger partial charge in [0.2, 0.25) is 0 Å². The molecule has 2 rings (SSSR count). The van der Waals surface area contributed by atoms with E-state index in [1.807, 2.05) is 0 Å². The van der Waals surface area contributed by atoms with Crippen LogP contribution < -0.4 is 9.47 Å². The summed E-state index contributed by atoms with van der Waals surface area (Å²) in [4.78, 5) is 22.5. The molecule has 0 saturated heterocycles. The smallest absolute Gasteiger partial charge is 0.341 e. The fourth-order valence-electron chi connectivity index (χ4n) is 1.96. The molecule has 0 aliphatic rings. The Bertz CT molecular complexity index is 830. The van der Waals surface area contributed by atoms with Crippen LogP contribution >= 0.6 is 0 Å². The second-order valence-electron chi connectivity index (χ2n) is 4.92. The van der Waals surface area contributed by atoms with Crippen molar-refractivity contribution in [2.45, 2.75) is 0 Å². The summed E-state index contributed by atoms with van der Waals surface area (Å²) in [6, 6.07) is 7.54. The van der Waals surface area contributed by atoms with Gasteiger partial charge in [0.15, 0.2) is 35.5 Å². The number of carboxylic acids is 1. The minimum absolute atomic E-state index is 0.0172. The third-order valence-electron chi connectivity index (χ3n) is 3.17. The molecule has 0 aliphatic heterocycles.